The van der Waals surface area contributed by atoms with E-state index in [2.05, 4.69) is 12.2 Å². The molecule has 0 aliphatic carbocycles. The molecule has 24 heavy (non-hydrogen) atoms. The molecular formula is C20H32N2O2. The van der Waals surface area contributed by atoms with Crippen LogP contribution < -0.4 is 5.32 Å². The number of carbonyl (C=O) groups is 1. The zero-order valence-electron chi connectivity index (χ0n) is 15.5. The number of hydrogen-bond donors (Lipinski definition) is 2. The van der Waals surface area contributed by atoms with Crippen LogP contribution in [-0.2, 0) is 4.79 Å². The van der Waals surface area contributed by atoms with Crippen LogP contribution in [0, 0.1) is 11.3 Å². The van der Waals surface area contributed by atoms with Crippen LogP contribution in [0.2, 0.25) is 0 Å². The van der Waals surface area contributed by atoms with Crippen LogP contribution in [0.25, 0.3) is 0 Å². The van der Waals surface area contributed by atoms with E-state index in [1.165, 1.54) is 0 Å². The van der Waals surface area contributed by atoms with Crippen molar-refractivity contribution in [2.24, 2.45) is 11.3 Å². The molecule has 2 rings (SSSR count). The summed E-state index contributed by atoms with van der Waals surface area (Å²) < 4.78 is 0. The van der Waals surface area contributed by atoms with Crippen molar-refractivity contribution in [2.45, 2.75) is 53.0 Å². The number of likely N-dealkylation sites (tertiary alicyclic amines) is 1. The van der Waals surface area contributed by atoms with Gasteiger partial charge in [-0.1, -0.05) is 45.9 Å². The highest BCUT2D eigenvalue weighted by molar-refractivity contribution is 5.81. The van der Waals surface area contributed by atoms with E-state index in [9.17, 15) is 9.90 Å². The Labute approximate surface area is 146 Å². The molecule has 1 aromatic carbocycles. The van der Waals surface area contributed by atoms with E-state index in [-0.39, 0.29) is 17.4 Å². The molecule has 1 amide bonds. The molecule has 0 radical (unpaired) electrons. The second kappa shape index (κ2) is 8.02. The summed E-state index contributed by atoms with van der Waals surface area (Å²) in [4.78, 5) is 14.4. The molecule has 1 heterocycles. The summed E-state index contributed by atoms with van der Waals surface area (Å²) in [7, 11) is 0. The van der Waals surface area contributed by atoms with Gasteiger partial charge in [0.1, 0.15) is 5.75 Å². The van der Waals surface area contributed by atoms with Gasteiger partial charge in [-0.25, -0.2) is 0 Å². The van der Waals surface area contributed by atoms with Gasteiger partial charge in [-0.2, -0.15) is 0 Å². The van der Waals surface area contributed by atoms with Gasteiger partial charge in [0, 0.05) is 30.1 Å². The van der Waals surface area contributed by atoms with Crippen molar-refractivity contribution in [1.82, 2.24) is 10.2 Å². The molecule has 4 nitrogen and oxygen atoms in total. The monoisotopic (exact) mass is 332 g/mol. The summed E-state index contributed by atoms with van der Waals surface area (Å²) in [5.41, 5.74) is 0.684. The Bertz CT molecular complexity index is 543. The number of nitrogens with one attached hydrogen (secondary N) is 1. The Morgan fingerprint density at radius 1 is 1.29 bits per heavy atom. The van der Waals surface area contributed by atoms with Crippen LogP contribution in [0.1, 0.15) is 58.6 Å². The van der Waals surface area contributed by atoms with Gasteiger partial charge in [-0.15, -0.1) is 0 Å². The first-order valence-corrected chi connectivity index (χ1v) is 9.13. The lowest BCUT2D eigenvalue weighted by Gasteiger charge is -2.36. The highest BCUT2D eigenvalue weighted by Crippen LogP contribution is 2.27. The molecule has 0 saturated carbocycles. The maximum Gasteiger partial charge on any atom is 0.227 e. The molecule has 1 saturated heterocycles. The summed E-state index contributed by atoms with van der Waals surface area (Å²) in [5.74, 6) is 1.21. The molecule has 134 valence electrons. The van der Waals surface area contributed by atoms with Gasteiger partial charge in [0.25, 0.3) is 0 Å². The molecule has 1 atom stereocenters. The minimum absolute atomic E-state index is 0.181. The Balaban J connectivity index is 1.84. The summed E-state index contributed by atoms with van der Waals surface area (Å²) in [6.45, 7) is 10.7. The van der Waals surface area contributed by atoms with Crippen LogP contribution in [0.3, 0.4) is 0 Å². The third kappa shape index (κ3) is 4.73. The fourth-order valence-electron chi connectivity index (χ4n) is 3.38. The number of nitrogens with zero attached hydrogens (tertiary/aromatic N) is 1. The van der Waals surface area contributed by atoms with Crippen molar-refractivity contribution < 1.29 is 9.90 Å². The quantitative estimate of drug-likeness (QED) is 0.864. The lowest BCUT2D eigenvalue weighted by Crippen LogP contribution is -2.45. The number of amides is 1. The topological polar surface area (TPSA) is 52.6 Å². The van der Waals surface area contributed by atoms with Gasteiger partial charge >= 0.3 is 0 Å². The molecule has 4 heteroatoms. The third-order valence-corrected chi connectivity index (χ3v) is 4.92. The average molecular weight is 332 g/mol. The summed E-state index contributed by atoms with van der Waals surface area (Å²) in [6.07, 6.45) is 3.04. The first-order valence-electron chi connectivity index (χ1n) is 9.13. The zero-order chi connectivity index (χ0) is 17.7. The van der Waals surface area contributed by atoms with Crippen molar-refractivity contribution >= 4 is 5.91 Å². The largest absolute Gasteiger partial charge is 0.508 e. The number of para-hydroxylation sites is 1. The first-order chi connectivity index (χ1) is 11.3. The summed E-state index contributed by atoms with van der Waals surface area (Å²) in [5, 5.41) is 13.6. The molecule has 1 fully saturated rings. The zero-order valence-corrected chi connectivity index (χ0v) is 15.5. The highest BCUT2D eigenvalue weighted by Gasteiger charge is 2.30. The molecule has 1 unspecified atom stereocenters. The van der Waals surface area contributed by atoms with Gasteiger partial charge in [0.05, 0.1) is 0 Å². The number of benzene rings is 1. The van der Waals surface area contributed by atoms with E-state index in [0.717, 1.165) is 44.5 Å². The standard InChI is InChI=1S/C20H32N2O2/c1-5-17(16-8-6-7-9-18(16)23)21-14-15-10-12-22(13-11-15)19(24)20(2,3)4/h6-9,15,17,21,23H,5,10-14H2,1-4H3. The minimum atomic E-state index is -0.288. The minimum Gasteiger partial charge on any atom is -0.508 e. The Hall–Kier alpha value is -1.55. The predicted octanol–water partition coefficient (Wildman–Crippen LogP) is 3.72. The summed E-state index contributed by atoms with van der Waals surface area (Å²) >= 11 is 0. The molecular weight excluding hydrogens is 300 g/mol. The molecule has 2 N–H and O–H groups in total. The smallest absolute Gasteiger partial charge is 0.227 e. The lowest BCUT2D eigenvalue weighted by atomic mass is 9.90. The SMILES string of the molecule is CCC(NCC1CCN(C(=O)C(C)(C)C)CC1)c1ccccc1O. The average Bonchev–Trinajstić information content (AvgIpc) is 2.56. The van der Waals surface area contributed by atoms with E-state index in [4.69, 9.17) is 0 Å². The number of phenols is 1. The maximum absolute atomic E-state index is 12.3. The Morgan fingerprint density at radius 3 is 2.46 bits per heavy atom. The number of hydrogen-bond acceptors (Lipinski definition) is 3. The van der Waals surface area contributed by atoms with Crippen molar-refractivity contribution in [3.05, 3.63) is 29.8 Å². The second-order valence-corrected chi connectivity index (χ2v) is 7.91. The van der Waals surface area contributed by atoms with Crippen LogP contribution in [0.5, 0.6) is 5.75 Å². The van der Waals surface area contributed by atoms with Crippen LogP contribution in [0.15, 0.2) is 24.3 Å². The third-order valence-electron chi connectivity index (χ3n) is 4.92. The maximum atomic E-state index is 12.3. The van der Waals surface area contributed by atoms with E-state index in [0.29, 0.717) is 11.7 Å². The van der Waals surface area contributed by atoms with Crippen molar-refractivity contribution in [3.8, 4) is 5.75 Å². The molecule has 0 bridgehead atoms. The molecule has 1 aliphatic rings. The number of carbonyl (C=O) groups excluding carboxylic acids is 1. The van der Waals surface area contributed by atoms with Crippen molar-refractivity contribution in [1.29, 1.82) is 0 Å². The number of piperidine rings is 1. The van der Waals surface area contributed by atoms with Gasteiger partial charge < -0.3 is 15.3 Å². The van der Waals surface area contributed by atoms with E-state index >= 15 is 0 Å². The molecule has 1 aliphatic heterocycles. The van der Waals surface area contributed by atoms with Crippen molar-refractivity contribution in [2.75, 3.05) is 19.6 Å². The van der Waals surface area contributed by atoms with Gasteiger partial charge in [-0.3, -0.25) is 4.79 Å². The van der Waals surface area contributed by atoms with Crippen LogP contribution >= 0.6 is 0 Å². The summed E-state index contributed by atoms with van der Waals surface area (Å²) in [6, 6.07) is 7.74. The predicted molar refractivity (Wildman–Crippen MR) is 97.9 cm³/mol. The number of rotatable bonds is 5. The van der Waals surface area contributed by atoms with Crippen LogP contribution in [-0.4, -0.2) is 35.5 Å². The lowest BCUT2D eigenvalue weighted by molar-refractivity contribution is -0.140. The van der Waals surface area contributed by atoms with Crippen LogP contribution in [0.4, 0.5) is 0 Å². The van der Waals surface area contributed by atoms with E-state index in [1.54, 1.807) is 6.07 Å². The van der Waals surface area contributed by atoms with E-state index in [1.807, 2.05) is 43.9 Å². The molecule has 0 spiro atoms. The fourth-order valence-corrected chi connectivity index (χ4v) is 3.38. The Morgan fingerprint density at radius 2 is 1.92 bits per heavy atom. The van der Waals surface area contributed by atoms with Gasteiger partial charge in [0.2, 0.25) is 5.91 Å². The van der Waals surface area contributed by atoms with E-state index < -0.39 is 0 Å². The second-order valence-electron chi connectivity index (χ2n) is 7.91. The first kappa shape index (κ1) is 18.8. The Kier molecular flexibility index (Phi) is 6.27. The normalized spacial score (nSPS) is 17.8. The number of phenolic OH excluding ortho intramolecular Hbond substituents is 1. The molecule has 1 aromatic rings. The number of aromatic hydroxyl groups is 1. The van der Waals surface area contributed by atoms with Gasteiger partial charge in [0.15, 0.2) is 0 Å². The van der Waals surface area contributed by atoms with Gasteiger partial charge in [-0.05, 0) is 37.8 Å². The fraction of sp³-hybridized carbons (Fsp3) is 0.650. The molecule has 0 aromatic heterocycles. The highest BCUT2D eigenvalue weighted by atomic mass is 16.3. The van der Waals surface area contributed by atoms with Crippen molar-refractivity contribution in [3.63, 3.8) is 0 Å².